The maximum Gasteiger partial charge on any atom is 0.305 e. The summed E-state index contributed by atoms with van der Waals surface area (Å²) in [7, 11) is -3.80. The van der Waals surface area contributed by atoms with E-state index in [-0.39, 0.29) is 23.8 Å². The monoisotopic (exact) mass is 290 g/mol. The average Bonchev–Trinajstić information content (AvgIpc) is 2.35. The Bertz CT molecular complexity index is 533. The number of sulfonamides is 1. The lowest BCUT2D eigenvalue weighted by Crippen LogP contribution is -2.25. The fraction of sp³-hybridized carbons (Fsp3) is 0.455. The Morgan fingerprint density at radius 1 is 1.47 bits per heavy atom. The van der Waals surface area contributed by atoms with E-state index in [1.54, 1.807) is 6.92 Å². The second kappa shape index (κ2) is 7.15. The molecule has 0 bridgehead atoms. The van der Waals surface area contributed by atoms with Crippen molar-refractivity contribution < 1.29 is 22.3 Å². The molecule has 1 rings (SSSR count). The Morgan fingerprint density at radius 3 is 2.84 bits per heavy atom. The zero-order chi connectivity index (χ0) is 14.3. The van der Waals surface area contributed by atoms with Crippen LogP contribution in [0.2, 0.25) is 0 Å². The quantitative estimate of drug-likeness (QED) is 0.594. The van der Waals surface area contributed by atoms with Gasteiger partial charge in [-0.25, -0.2) is 17.5 Å². The first-order valence-corrected chi connectivity index (χ1v) is 7.20. The van der Waals surface area contributed by atoms with E-state index in [4.69, 9.17) is 4.74 Å². The summed E-state index contributed by atoms with van der Waals surface area (Å²) in [5.41, 5.74) is 0. The largest absolute Gasteiger partial charge is 0.466 e. The second-order valence-corrected chi connectivity index (χ2v) is 5.41. The highest BCUT2D eigenvalue weighted by atomic mass is 32.2. The summed E-state index contributed by atoms with van der Waals surface area (Å²) in [5, 5.41) is 0. The van der Waals surface area contributed by atoms with Gasteiger partial charge in [-0.3, -0.25) is 9.78 Å². The summed E-state index contributed by atoms with van der Waals surface area (Å²) in [5.74, 6) is -1.11. The Labute approximate surface area is 111 Å². The fourth-order valence-electron chi connectivity index (χ4n) is 1.30. The van der Waals surface area contributed by atoms with E-state index in [2.05, 4.69) is 9.71 Å². The van der Waals surface area contributed by atoms with Gasteiger partial charge in [0.15, 0.2) is 0 Å². The molecule has 0 aromatic carbocycles. The molecular formula is C11H15FN2O4S. The van der Waals surface area contributed by atoms with Crippen molar-refractivity contribution in [1.29, 1.82) is 0 Å². The molecule has 0 aliphatic carbocycles. The molecule has 0 saturated carbocycles. The van der Waals surface area contributed by atoms with Crippen molar-refractivity contribution in [3.63, 3.8) is 0 Å². The zero-order valence-electron chi connectivity index (χ0n) is 10.4. The number of rotatable bonds is 7. The van der Waals surface area contributed by atoms with Gasteiger partial charge in [0.2, 0.25) is 10.0 Å². The number of halogens is 1. The molecule has 1 aromatic rings. The first kappa shape index (κ1) is 15.5. The van der Waals surface area contributed by atoms with Crippen LogP contribution in [0.4, 0.5) is 4.39 Å². The highest BCUT2D eigenvalue weighted by Gasteiger charge is 2.14. The molecule has 1 heterocycles. The van der Waals surface area contributed by atoms with Crippen LogP contribution in [0.1, 0.15) is 19.8 Å². The van der Waals surface area contributed by atoms with Crippen LogP contribution < -0.4 is 4.72 Å². The molecule has 8 heteroatoms. The number of nitrogens with one attached hydrogen (secondary N) is 1. The van der Waals surface area contributed by atoms with Gasteiger partial charge >= 0.3 is 5.97 Å². The van der Waals surface area contributed by atoms with Gasteiger partial charge in [-0.1, -0.05) is 0 Å². The molecular weight excluding hydrogens is 275 g/mol. The summed E-state index contributed by atoms with van der Waals surface area (Å²) in [6.45, 7) is 2.05. The van der Waals surface area contributed by atoms with E-state index in [1.807, 2.05) is 0 Å². The number of aromatic nitrogens is 1. The van der Waals surface area contributed by atoms with E-state index >= 15 is 0 Å². The highest BCUT2D eigenvalue weighted by molar-refractivity contribution is 7.89. The average molecular weight is 290 g/mol. The Kier molecular flexibility index (Phi) is 5.84. The normalized spacial score (nSPS) is 11.3. The van der Waals surface area contributed by atoms with Crippen molar-refractivity contribution in [3.8, 4) is 0 Å². The number of hydrogen-bond acceptors (Lipinski definition) is 5. The van der Waals surface area contributed by atoms with Crippen LogP contribution in [0.5, 0.6) is 0 Å². The van der Waals surface area contributed by atoms with Gasteiger partial charge in [-0.05, 0) is 19.4 Å². The summed E-state index contributed by atoms with van der Waals surface area (Å²) >= 11 is 0. The highest BCUT2D eigenvalue weighted by Crippen LogP contribution is 2.08. The molecule has 0 aliphatic heterocycles. The third kappa shape index (κ3) is 5.31. The minimum Gasteiger partial charge on any atom is -0.466 e. The van der Waals surface area contributed by atoms with Crippen molar-refractivity contribution in [2.45, 2.75) is 24.7 Å². The van der Waals surface area contributed by atoms with Crippen molar-refractivity contribution >= 4 is 16.0 Å². The molecule has 6 nitrogen and oxygen atoms in total. The maximum absolute atomic E-state index is 12.9. The number of esters is 1. The van der Waals surface area contributed by atoms with E-state index in [1.165, 1.54) is 0 Å². The second-order valence-electron chi connectivity index (χ2n) is 3.65. The first-order chi connectivity index (χ1) is 8.95. The van der Waals surface area contributed by atoms with Gasteiger partial charge in [0.1, 0.15) is 10.7 Å². The van der Waals surface area contributed by atoms with Crippen molar-refractivity contribution in [2.75, 3.05) is 13.2 Å². The molecule has 0 fully saturated rings. The molecule has 0 unspecified atom stereocenters. The number of pyridine rings is 1. The van der Waals surface area contributed by atoms with Crippen molar-refractivity contribution in [1.82, 2.24) is 9.71 Å². The van der Waals surface area contributed by atoms with Gasteiger partial charge in [0.05, 0.1) is 12.8 Å². The van der Waals surface area contributed by atoms with Crippen LogP contribution in [0.3, 0.4) is 0 Å². The topological polar surface area (TPSA) is 85.4 Å². The Hall–Kier alpha value is -1.54. The lowest BCUT2D eigenvalue weighted by molar-refractivity contribution is -0.143. The number of ether oxygens (including phenoxy) is 1. The van der Waals surface area contributed by atoms with Crippen molar-refractivity contribution in [2.24, 2.45) is 0 Å². The van der Waals surface area contributed by atoms with Crippen molar-refractivity contribution in [3.05, 3.63) is 24.3 Å². The predicted octanol–water partition coefficient (Wildman–Crippen LogP) is 0.842. The minimum absolute atomic E-state index is 0.0671. The van der Waals surface area contributed by atoms with Gasteiger partial charge < -0.3 is 4.74 Å². The van der Waals surface area contributed by atoms with Crippen LogP contribution in [0.25, 0.3) is 0 Å². The number of carbonyl (C=O) groups is 1. The van der Waals surface area contributed by atoms with Gasteiger partial charge in [0.25, 0.3) is 0 Å². The molecule has 19 heavy (non-hydrogen) atoms. The zero-order valence-corrected chi connectivity index (χ0v) is 11.2. The molecule has 0 saturated heterocycles. The van der Waals surface area contributed by atoms with Crippen LogP contribution in [0, 0.1) is 5.82 Å². The van der Waals surface area contributed by atoms with E-state index < -0.39 is 15.8 Å². The standard InChI is InChI=1S/C11H15FN2O4S/c1-2-18-11(15)4-3-5-14-19(16,17)10-6-9(12)7-13-8-10/h6-8,14H,2-5H2,1H3. The molecule has 0 amide bonds. The van der Waals surface area contributed by atoms with E-state index in [9.17, 15) is 17.6 Å². The first-order valence-electron chi connectivity index (χ1n) is 5.71. The van der Waals surface area contributed by atoms with Crippen LogP contribution in [-0.4, -0.2) is 32.5 Å². The van der Waals surface area contributed by atoms with Crippen LogP contribution >= 0.6 is 0 Å². The third-order valence-corrected chi connectivity index (χ3v) is 3.57. The molecule has 0 aliphatic rings. The molecule has 1 aromatic heterocycles. The Balaban J connectivity index is 2.46. The number of nitrogens with zero attached hydrogens (tertiary/aromatic N) is 1. The smallest absolute Gasteiger partial charge is 0.305 e. The van der Waals surface area contributed by atoms with Gasteiger partial charge in [-0.2, -0.15) is 0 Å². The summed E-state index contributed by atoms with van der Waals surface area (Å²) in [4.78, 5) is 14.2. The third-order valence-electron chi connectivity index (χ3n) is 2.15. The van der Waals surface area contributed by atoms with Crippen LogP contribution in [0.15, 0.2) is 23.4 Å². The maximum atomic E-state index is 12.9. The predicted molar refractivity (Wildman–Crippen MR) is 65.3 cm³/mol. The minimum atomic E-state index is -3.80. The SMILES string of the molecule is CCOC(=O)CCCNS(=O)(=O)c1cncc(F)c1. The van der Waals surface area contributed by atoms with Gasteiger partial charge in [-0.15, -0.1) is 0 Å². The molecule has 0 radical (unpaired) electrons. The fourth-order valence-corrected chi connectivity index (χ4v) is 2.34. The summed E-state index contributed by atoms with van der Waals surface area (Å²) < 4.78 is 43.3. The summed E-state index contributed by atoms with van der Waals surface area (Å²) in [6.07, 6.45) is 2.40. The number of hydrogen-bond donors (Lipinski definition) is 1. The number of carbonyl (C=O) groups excluding carboxylic acids is 1. The molecule has 1 N–H and O–H groups in total. The van der Waals surface area contributed by atoms with Gasteiger partial charge in [0, 0.05) is 19.2 Å². The lowest BCUT2D eigenvalue weighted by atomic mass is 10.3. The van der Waals surface area contributed by atoms with E-state index in [0.717, 1.165) is 18.5 Å². The van der Waals surface area contributed by atoms with Crippen LogP contribution in [-0.2, 0) is 19.6 Å². The van der Waals surface area contributed by atoms with E-state index in [0.29, 0.717) is 13.0 Å². The summed E-state index contributed by atoms with van der Waals surface area (Å²) in [6, 6.07) is 0.876. The molecule has 0 spiro atoms. The lowest BCUT2D eigenvalue weighted by Gasteiger charge is -2.06. The molecule has 106 valence electrons. The molecule has 0 atom stereocenters. The Morgan fingerprint density at radius 2 is 2.21 bits per heavy atom.